The Labute approximate surface area is 85.0 Å². The van der Waals surface area contributed by atoms with E-state index in [0.29, 0.717) is 6.04 Å². The molecule has 0 saturated heterocycles. The standard InChI is InChI=1S/C10H18ClNO/c1-7(5-11)6-12-8-4-9(13)10(8,2)3/h5,8-9,12-13H,4,6H2,1-3H3/b7-5+. The molecule has 1 saturated carbocycles. The summed E-state index contributed by atoms with van der Waals surface area (Å²) in [6.07, 6.45) is 0.688. The van der Waals surface area contributed by atoms with Crippen LogP contribution in [0.1, 0.15) is 27.2 Å². The van der Waals surface area contributed by atoms with Gasteiger partial charge in [-0.15, -0.1) is 0 Å². The summed E-state index contributed by atoms with van der Waals surface area (Å²) in [5.41, 5.74) is 2.72. The maximum Gasteiger partial charge on any atom is 0.0621 e. The number of rotatable bonds is 3. The molecule has 0 amide bonds. The van der Waals surface area contributed by atoms with Crippen molar-refractivity contribution in [2.24, 2.45) is 5.41 Å². The van der Waals surface area contributed by atoms with Crippen LogP contribution in [0.25, 0.3) is 0 Å². The second-order valence-electron chi connectivity index (χ2n) is 4.46. The highest BCUT2D eigenvalue weighted by atomic mass is 35.5. The van der Waals surface area contributed by atoms with Crippen LogP contribution in [0.3, 0.4) is 0 Å². The minimum atomic E-state index is -0.162. The number of aliphatic hydroxyl groups excluding tert-OH is 1. The molecule has 76 valence electrons. The first-order chi connectivity index (χ1) is 5.98. The minimum absolute atomic E-state index is 0.00654. The van der Waals surface area contributed by atoms with E-state index in [-0.39, 0.29) is 11.5 Å². The third kappa shape index (κ3) is 2.25. The lowest BCUT2D eigenvalue weighted by Crippen LogP contribution is -2.60. The molecule has 0 radical (unpaired) electrons. The molecule has 2 nitrogen and oxygen atoms in total. The van der Waals surface area contributed by atoms with Gasteiger partial charge in [-0.3, -0.25) is 0 Å². The Bertz CT molecular complexity index is 213. The molecule has 0 spiro atoms. The molecule has 0 aromatic carbocycles. The second-order valence-corrected chi connectivity index (χ2v) is 4.68. The van der Waals surface area contributed by atoms with E-state index in [4.69, 9.17) is 11.6 Å². The summed E-state index contributed by atoms with van der Waals surface area (Å²) in [5.74, 6) is 0. The van der Waals surface area contributed by atoms with Crippen LogP contribution >= 0.6 is 11.6 Å². The molecule has 1 rings (SSSR count). The van der Waals surface area contributed by atoms with Crippen molar-refractivity contribution in [1.82, 2.24) is 5.32 Å². The van der Waals surface area contributed by atoms with Crippen LogP contribution < -0.4 is 5.32 Å². The van der Waals surface area contributed by atoms with Crippen LogP contribution in [0.2, 0.25) is 0 Å². The monoisotopic (exact) mass is 203 g/mol. The summed E-state index contributed by atoms with van der Waals surface area (Å²) < 4.78 is 0. The zero-order valence-electron chi connectivity index (χ0n) is 8.47. The molecule has 0 heterocycles. The Kier molecular flexibility index (Phi) is 3.38. The predicted octanol–water partition coefficient (Wildman–Crippen LogP) is 1.88. The highest BCUT2D eigenvalue weighted by Gasteiger charge is 2.46. The van der Waals surface area contributed by atoms with E-state index in [1.165, 1.54) is 0 Å². The predicted molar refractivity (Wildman–Crippen MR) is 55.8 cm³/mol. The van der Waals surface area contributed by atoms with Crippen molar-refractivity contribution in [3.8, 4) is 0 Å². The van der Waals surface area contributed by atoms with Crippen molar-refractivity contribution in [2.45, 2.75) is 39.3 Å². The fraction of sp³-hybridized carbons (Fsp3) is 0.800. The molecule has 0 aromatic heterocycles. The van der Waals surface area contributed by atoms with E-state index in [0.717, 1.165) is 18.5 Å². The van der Waals surface area contributed by atoms with Gasteiger partial charge in [0, 0.05) is 23.5 Å². The normalized spacial score (nSPS) is 32.8. The SMILES string of the molecule is C/C(=C\Cl)CNC1CC(O)C1(C)C. The van der Waals surface area contributed by atoms with Crippen LogP contribution in [0.4, 0.5) is 0 Å². The van der Waals surface area contributed by atoms with Crippen molar-refractivity contribution in [2.75, 3.05) is 6.54 Å². The van der Waals surface area contributed by atoms with Gasteiger partial charge in [-0.25, -0.2) is 0 Å². The summed E-state index contributed by atoms with van der Waals surface area (Å²) in [7, 11) is 0. The first-order valence-corrected chi connectivity index (χ1v) is 5.09. The molecule has 3 heteroatoms. The Morgan fingerprint density at radius 3 is 2.69 bits per heavy atom. The zero-order valence-corrected chi connectivity index (χ0v) is 9.23. The first-order valence-electron chi connectivity index (χ1n) is 4.65. The molecule has 2 atom stereocenters. The smallest absolute Gasteiger partial charge is 0.0621 e. The highest BCUT2D eigenvalue weighted by Crippen LogP contribution is 2.40. The van der Waals surface area contributed by atoms with Gasteiger partial charge in [0.15, 0.2) is 0 Å². The largest absolute Gasteiger partial charge is 0.392 e. The molecule has 1 aliphatic rings. The van der Waals surface area contributed by atoms with Gasteiger partial charge in [-0.1, -0.05) is 25.4 Å². The summed E-state index contributed by atoms with van der Waals surface area (Å²) in [6.45, 7) is 6.96. The molecule has 0 aliphatic heterocycles. The third-order valence-electron chi connectivity index (χ3n) is 3.03. The first kappa shape index (κ1) is 11.0. The van der Waals surface area contributed by atoms with Crippen LogP contribution in [-0.4, -0.2) is 23.8 Å². The van der Waals surface area contributed by atoms with E-state index in [9.17, 15) is 5.11 Å². The van der Waals surface area contributed by atoms with Crippen LogP contribution in [-0.2, 0) is 0 Å². The Balaban J connectivity index is 2.33. The average molecular weight is 204 g/mol. The lowest BCUT2D eigenvalue weighted by atomic mass is 9.64. The Hall–Kier alpha value is -0.0500. The van der Waals surface area contributed by atoms with Gasteiger partial charge < -0.3 is 10.4 Å². The van der Waals surface area contributed by atoms with E-state index in [2.05, 4.69) is 19.2 Å². The van der Waals surface area contributed by atoms with Gasteiger partial charge in [0.25, 0.3) is 0 Å². The molecule has 2 unspecified atom stereocenters. The van der Waals surface area contributed by atoms with Gasteiger partial charge in [0.1, 0.15) is 0 Å². The summed E-state index contributed by atoms with van der Waals surface area (Å²) in [4.78, 5) is 0. The van der Waals surface area contributed by atoms with Gasteiger partial charge in [-0.05, 0) is 18.9 Å². The van der Waals surface area contributed by atoms with Crippen LogP contribution in [0, 0.1) is 5.41 Å². The Morgan fingerprint density at radius 1 is 1.69 bits per heavy atom. The maximum absolute atomic E-state index is 9.49. The number of hydrogen-bond donors (Lipinski definition) is 2. The fourth-order valence-electron chi connectivity index (χ4n) is 1.57. The van der Waals surface area contributed by atoms with E-state index < -0.39 is 0 Å². The van der Waals surface area contributed by atoms with Gasteiger partial charge in [0.05, 0.1) is 6.10 Å². The highest BCUT2D eigenvalue weighted by molar-refractivity contribution is 6.25. The van der Waals surface area contributed by atoms with Crippen LogP contribution in [0.5, 0.6) is 0 Å². The molecular formula is C10H18ClNO. The molecule has 1 aliphatic carbocycles. The number of nitrogens with one attached hydrogen (secondary N) is 1. The second kappa shape index (κ2) is 3.99. The van der Waals surface area contributed by atoms with Gasteiger partial charge in [-0.2, -0.15) is 0 Å². The summed E-state index contributed by atoms with van der Waals surface area (Å²) >= 11 is 5.54. The van der Waals surface area contributed by atoms with Crippen molar-refractivity contribution in [3.05, 3.63) is 11.1 Å². The van der Waals surface area contributed by atoms with Crippen molar-refractivity contribution < 1.29 is 5.11 Å². The Morgan fingerprint density at radius 2 is 2.31 bits per heavy atom. The summed E-state index contributed by atoms with van der Waals surface area (Å²) in [6, 6.07) is 0.411. The lowest BCUT2D eigenvalue weighted by molar-refractivity contribution is -0.0714. The van der Waals surface area contributed by atoms with Gasteiger partial charge in [0.2, 0.25) is 0 Å². The molecule has 0 aromatic rings. The zero-order chi connectivity index (χ0) is 10.1. The van der Waals surface area contributed by atoms with E-state index >= 15 is 0 Å². The van der Waals surface area contributed by atoms with E-state index in [1.807, 2.05) is 6.92 Å². The maximum atomic E-state index is 9.49. The molecule has 1 fully saturated rings. The third-order valence-corrected chi connectivity index (χ3v) is 3.40. The quantitative estimate of drug-likeness (QED) is 0.734. The van der Waals surface area contributed by atoms with Crippen molar-refractivity contribution in [3.63, 3.8) is 0 Å². The summed E-state index contributed by atoms with van der Waals surface area (Å²) in [5, 5.41) is 12.9. The van der Waals surface area contributed by atoms with Crippen molar-refractivity contribution in [1.29, 1.82) is 0 Å². The molecule has 2 N–H and O–H groups in total. The average Bonchev–Trinajstić information content (AvgIpc) is 2.11. The molecular weight excluding hydrogens is 186 g/mol. The fourth-order valence-corrected chi connectivity index (χ4v) is 1.65. The minimum Gasteiger partial charge on any atom is -0.392 e. The number of aliphatic hydroxyl groups is 1. The van der Waals surface area contributed by atoms with Crippen molar-refractivity contribution >= 4 is 11.6 Å². The lowest BCUT2D eigenvalue weighted by Gasteiger charge is -2.49. The van der Waals surface area contributed by atoms with Gasteiger partial charge >= 0.3 is 0 Å². The van der Waals surface area contributed by atoms with E-state index in [1.54, 1.807) is 5.54 Å². The molecule has 13 heavy (non-hydrogen) atoms. The topological polar surface area (TPSA) is 32.3 Å². The number of hydrogen-bond acceptors (Lipinski definition) is 2. The number of halogens is 1. The van der Waals surface area contributed by atoms with Crippen LogP contribution in [0.15, 0.2) is 11.1 Å². The molecule has 0 bridgehead atoms.